The summed E-state index contributed by atoms with van der Waals surface area (Å²) in [5, 5.41) is 13.0. The van der Waals surface area contributed by atoms with Gasteiger partial charge in [-0.25, -0.2) is 0 Å². The Morgan fingerprint density at radius 1 is 0.750 bits per heavy atom. The van der Waals surface area contributed by atoms with Gasteiger partial charge in [-0.05, 0) is 56.6 Å². The fraction of sp³-hybridized carbons (Fsp3) is 0.0625. The highest BCUT2D eigenvalue weighted by atomic mass is 16.3. The van der Waals surface area contributed by atoms with E-state index in [4.69, 9.17) is 4.42 Å². The molecule has 3 rings (SSSR count). The third-order valence-electron chi connectivity index (χ3n) is 3.96. The molecule has 0 fully saturated rings. The van der Waals surface area contributed by atoms with Gasteiger partial charge in [0, 0.05) is 11.6 Å². The summed E-state index contributed by atoms with van der Waals surface area (Å²) in [6, 6.07) is 4.43. The van der Waals surface area contributed by atoms with Crippen LogP contribution in [0.4, 0.5) is 28.4 Å². The first-order valence-electron chi connectivity index (χ1n) is 7.45. The van der Waals surface area contributed by atoms with Gasteiger partial charge in [-0.1, -0.05) is 0 Å². The molecule has 0 saturated carbocycles. The topological polar surface area (TPSA) is 177 Å². The minimum atomic E-state index is -0.978. The van der Waals surface area contributed by atoms with Gasteiger partial charge in [-0.15, -0.1) is 24.5 Å². The maximum absolute atomic E-state index is 12.7. The molecule has 0 spiro atoms. The highest BCUT2D eigenvalue weighted by Gasteiger charge is 2.22. The van der Waals surface area contributed by atoms with Crippen LogP contribution >= 0.6 is 0 Å². The lowest BCUT2D eigenvalue weighted by molar-refractivity contribution is 0.620. The summed E-state index contributed by atoms with van der Waals surface area (Å²) in [4.78, 5) is 67.7. The minimum Gasteiger partial charge on any atom is -0.453 e. The number of nitrogens with zero attached hydrogens (tertiary/aromatic N) is 5. The van der Waals surface area contributed by atoms with Gasteiger partial charge in [0.15, 0.2) is 11.4 Å². The molecule has 2 aromatic carbocycles. The second-order valence-electron chi connectivity index (χ2n) is 5.56. The third-order valence-corrected chi connectivity index (χ3v) is 3.96. The van der Waals surface area contributed by atoms with E-state index in [-0.39, 0.29) is 44.9 Å². The standard InChI is InChI=1S/C16H7N5O7/c1-6-2-7(3-10(19-25)13(6)20-26)16-14(21-27)15(22)12-9(18-24)4-8(17-23)5-11(12)28-16/h2-5H,1H3. The maximum Gasteiger partial charge on any atom is 0.224 e. The first kappa shape index (κ1) is 18.4. The molecule has 0 unspecified atom stereocenters. The Labute approximate surface area is 153 Å². The Morgan fingerprint density at radius 2 is 1.43 bits per heavy atom. The fourth-order valence-corrected chi connectivity index (χ4v) is 2.76. The molecule has 138 valence electrons. The van der Waals surface area contributed by atoms with E-state index in [9.17, 15) is 29.3 Å². The van der Waals surface area contributed by atoms with E-state index >= 15 is 0 Å². The van der Waals surface area contributed by atoms with Crippen molar-refractivity contribution in [2.75, 3.05) is 0 Å². The average Bonchev–Trinajstić information content (AvgIpc) is 2.71. The van der Waals surface area contributed by atoms with Crippen LogP contribution in [-0.2, 0) is 0 Å². The zero-order valence-electron chi connectivity index (χ0n) is 13.9. The highest BCUT2D eigenvalue weighted by Crippen LogP contribution is 2.40. The Balaban J connectivity index is 2.47. The van der Waals surface area contributed by atoms with Crippen LogP contribution in [0.2, 0.25) is 0 Å². The number of rotatable bonds is 6. The molecule has 0 aliphatic carbocycles. The minimum absolute atomic E-state index is 0.0261. The molecule has 0 radical (unpaired) electrons. The number of benzene rings is 2. The second-order valence-corrected chi connectivity index (χ2v) is 5.56. The monoisotopic (exact) mass is 381 g/mol. The van der Waals surface area contributed by atoms with E-state index in [1.807, 2.05) is 0 Å². The van der Waals surface area contributed by atoms with Crippen LogP contribution in [0.1, 0.15) is 5.56 Å². The van der Waals surface area contributed by atoms with E-state index in [1.54, 1.807) is 0 Å². The summed E-state index contributed by atoms with van der Waals surface area (Å²) in [7, 11) is 0. The molecule has 0 N–H and O–H groups in total. The molecule has 12 nitrogen and oxygen atoms in total. The number of aryl methyl sites for hydroxylation is 1. The van der Waals surface area contributed by atoms with Crippen LogP contribution in [0.25, 0.3) is 22.3 Å². The van der Waals surface area contributed by atoms with Gasteiger partial charge in [-0.2, -0.15) is 0 Å². The molecular formula is C16H7N5O7. The molecule has 1 heterocycles. The molecule has 0 aliphatic heterocycles. The lowest BCUT2D eigenvalue weighted by Crippen LogP contribution is -2.03. The normalized spacial score (nSPS) is 10.5. The van der Waals surface area contributed by atoms with E-state index in [0.717, 1.165) is 18.2 Å². The van der Waals surface area contributed by atoms with E-state index < -0.39 is 16.8 Å². The van der Waals surface area contributed by atoms with E-state index in [1.165, 1.54) is 13.0 Å². The van der Waals surface area contributed by atoms with Gasteiger partial charge >= 0.3 is 0 Å². The largest absolute Gasteiger partial charge is 0.453 e. The number of fused-ring (bicyclic) bond motifs is 1. The first-order valence-corrected chi connectivity index (χ1v) is 7.45. The van der Waals surface area contributed by atoms with Crippen LogP contribution < -0.4 is 5.43 Å². The molecule has 0 saturated heterocycles. The molecule has 1 aromatic heterocycles. The van der Waals surface area contributed by atoms with E-state index in [0.29, 0.717) is 0 Å². The Morgan fingerprint density at radius 3 is 2.00 bits per heavy atom. The Bertz CT molecular complexity index is 1250. The summed E-state index contributed by atoms with van der Waals surface area (Å²) in [6.45, 7) is 1.45. The zero-order chi connectivity index (χ0) is 20.4. The molecule has 0 bridgehead atoms. The summed E-state index contributed by atoms with van der Waals surface area (Å²) < 4.78 is 5.52. The predicted molar refractivity (Wildman–Crippen MR) is 99.9 cm³/mol. The van der Waals surface area contributed by atoms with Crippen molar-refractivity contribution in [1.82, 2.24) is 0 Å². The Kier molecular flexibility index (Phi) is 4.68. The van der Waals surface area contributed by atoms with Crippen LogP contribution in [0.5, 0.6) is 0 Å². The number of hydrogen-bond acceptors (Lipinski definition) is 12. The van der Waals surface area contributed by atoms with Gasteiger partial charge in [-0.3, -0.25) is 4.79 Å². The smallest absolute Gasteiger partial charge is 0.224 e. The van der Waals surface area contributed by atoms with Crippen molar-refractivity contribution in [3.8, 4) is 11.3 Å². The van der Waals surface area contributed by atoms with Crippen LogP contribution in [-0.4, -0.2) is 0 Å². The maximum atomic E-state index is 12.7. The van der Waals surface area contributed by atoms with Gasteiger partial charge in [0.25, 0.3) is 0 Å². The zero-order valence-corrected chi connectivity index (χ0v) is 13.9. The number of nitroso groups, excluding NO2 is 5. The molecule has 0 aliphatic rings. The summed E-state index contributed by atoms with van der Waals surface area (Å²) in [6.07, 6.45) is 0. The molecule has 0 amide bonds. The predicted octanol–water partition coefficient (Wildman–Crippen LogP) is 5.76. The first-order chi connectivity index (χ1) is 13.5. The van der Waals surface area contributed by atoms with Crippen LogP contribution in [0, 0.1) is 31.5 Å². The fourth-order valence-electron chi connectivity index (χ4n) is 2.76. The Hall–Kier alpha value is -4.35. The quantitative estimate of drug-likeness (QED) is 0.487. The lowest BCUT2D eigenvalue weighted by atomic mass is 10.0. The lowest BCUT2D eigenvalue weighted by Gasteiger charge is -2.09. The summed E-state index contributed by atoms with van der Waals surface area (Å²) >= 11 is 0. The van der Waals surface area contributed by atoms with Crippen molar-refractivity contribution < 1.29 is 4.42 Å². The van der Waals surface area contributed by atoms with Gasteiger partial charge in [0.2, 0.25) is 5.43 Å². The van der Waals surface area contributed by atoms with Crippen molar-refractivity contribution in [2.45, 2.75) is 6.92 Å². The summed E-state index contributed by atoms with van der Waals surface area (Å²) in [5.74, 6) is -0.363. The van der Waals surface area contributed by atoms with Crippen LogP contribution in [0.3, 0.4) is 0 Å². The molecule has 12 heteroatoms. The second kappa shape index (κ2) is 7.11. The number of hydrogen-bond donors (Lipinski definition) is 0. The molecule has 3 aromatic rings. The van der Waals surface area contributed by atoms with Crippen LogP contribution in [0.15, 0.2) is 59.4 Å². The van der Waals surface area contributed by atoms with Crippen molar-refractivity contribution in [2.24, 2.45) is 25.9 Å². The molecular weight excluding hydrogens is 374 g/mol. The van der Waals surface area contributed by atoms with Gasteiger partial charge < -0.3 is 4.42 Å². The summed E-state index contributed by atoms with van der Waals surface area (Å²) in [5.41, 5.74) is -2.94. The van der Waals surface area contributed by atoms with Crippen molar-refractivity contribution in [3.63, 3.8) is 0 Å². The molecule has 0 atom stereocenters. The highest BCUT2D eigenvalue weighted by molar-refractivity contribution is 5.95. The third kappa shape index (κ3) is 2.78. The van der Waals surface area contributed by atoms with Crippen molar-refractivity contribution in [3.05, 3.63) is 64.6 Å². The SMILES string of the molecule is Cc1cc(-c2oc3cc(N=O)cc(N=O)c3c(=O)c2N=O)cc(N=O)c1N=O. The van der Waals surface area contributed by atoms with E-state index in [2.05, 4.69) is 25.9 Å². The van der Waals surface area contributed by atoms with Gasteiger partial charge in [0.05, 0.1) is 5.39 Å². The van der Waals surface area contributed by atoms with Gasteiger partial charge in [0.1, 0.15) is 28.3 Å². The van der Waals surface area contributed by atoms with Crippen molar-refractivity contribution >= 4 is 39.4 Å². The average molecular weight is 381 g/mol. The molecule has 28 heavy (non-hydrogen) atoms. The van der Waals surface area contributed by atoms with Crippen molar-refractivity contribution in [1.29, 1.82) is 0 Å².